The number of esters is 1. The SMILES string of the molecule is C=CCNC(=O)c1ccnc(C(=O)Nc2cc(C(=O)OC)ccc2Cl)c1. The van der Waals surface area contributed by atoms with Crippen molar-refractivity contribution in [2.45, 2.75) is 0 Å². The second-order valence-electron chi connectivity index (χ2n) is 5.07. The summed E-state index contributed by atoms with van der Waals surface area (Å²) in [6.45, 7) is 3.82. The fraction of sp³-hybridized carbons (Fsp3) is 0.111. The molecule has 1 heterocycles. The van der Waals surface area contributed by atoms with Crippen LogP contribution in [0.4, 0.5) is 5.69 Å². The predicted molar refractivity (Wildman–Crippen MR) is 97.5 cm³/mol. The zero-order valence-electron chi connectivity index (χ0n) is 13.9. The Morgan fingerprint density at radius 3 is 2.65 bits per heavy atom. The van der Waals surface area contributed by atoms with E-state index in [0.717, 1.165) is 0 Å². The van der Waals surface area contributed by atoms with Gasteiger partial charge in [0.2, 0.25) is 0 Å². The lowest BCUT2D eigenvalue weighted by molar-refractivity contribution is 0.0600. The molecule has 2 amide bonds. The smallest absolute Gasteiger partial charge is 0.337 e. The van der Waals surface area contributed by atoms with Gasteiger partial charge in [-0.05, 0) is 30.3 Å². The first-order valence-electron chi connectivity index (χ1n) is 7.50. The number of hydrogen-bond acceptors (Lipinski definition) is 5. The quantitative estimate of drug-likeness (QED) is 0.599. The molecule has 0 bridgehead atoms. The first-order valence-corrected chi connectivity index (χ1v) is 7.88. The van der Waals surface area contributed by atoms with Gasteiger partial charge in [0, 0.05) is 18.3 Å². The van der Waals surface area contributed by atoms with Crippen LogP contribution in [-0.4, -0.2) is 36.4 Å². The number of amides is 2. The summed E-state index contributed by atoms with van der Waals surface area (Å²) in [6, 6.07) is 7.18. The number of nitrogens with zero attached hydrogens (tertiary/aromatic N) is 1. The van der Waals surface area contributed by atoms with Gasteiger partial charge in [-0.15, -0.1) is 6.58 Å². The Bertz CT molecular complexity index is 867. The molecule has 0 aliphatic heterocycles. The molecule has 0 saturated carbocycles. The third kappa shape index (κ3) is 4.67. The number of nitrogens with one attached hydrogen (secondary N) is 2. The minimum Gasteiger partial charge on any atom is -0.465 e. The summed E-state index contributed by atoms with van der Waals surface area (Å²) >= 11 is 6.05. The van der Waals surface area contributed by atoms with Crippen molar-refractivity contribution in [2.24, 2.45) is 0 Å². The molecule has 1 aromatic carbocycles. The van der Waals surface area contributed by atoms with Crippen molar-refractivity contribution in [1.29, 1.82) is 0 Å². The van der Waals surface area contributed by atoms with E-state index in [1.807, 2.05) is 0 Å². The molecule has 0 atom stereocenters. The van der Waals surface area contributed by atoms with Crippen LogP contribution in [-0.2, 0) is 4.74 Å². The van der Waals surface area contributed by atoms with Gasteiger partial charge in [0.1, 0.15) is 5.69 Å². The standard InChI is InChI=1S/C18H16ClN3O4/c1-3-7-21-16(23)11-6-8-20-15(9-11)17(24)22-14-10-12(18(25)26-2)4-5-13(14)19/h3-6,8-10H,1,7H2,2H3,(H,21,23)(H,22,24). The van der Waals surface area contributed by atoms with Gasteiger partial charge in [-0.1, -0.05) is 17.7 Å². The molecule has 7 nitrogen and oxygen atoms in total. The Morgan fingerprint density at radius 2 is 1.96 bits per heavy atom. The van der Waals surface area contributed by atoms with Crippen LogP contribution in [0.25, 0.3) is 0 Å². The molecule has 134 valence electrons. The Labute approximate surface area is 155 Å². The van der Waals surface area contributed by atoms with Crippen molar-refractivity contribution < 1.29 is 19.1 Å². The maximum absolute atomic E-state index is 12.4. The zero-order valence-corrected chi connectivity index (χ0v) is 14.7. The monoisotopic (exact) mass is 373 g/mol. The number of benzene rings is 1. The van der Waals surface area contributed by atoms with Crippen LogP contribution in [0.3, 0.4) is 0 Å². The molecular weight excluding hydrogens is 358 g/mol. The molecular formula is C18H16ClN3O4. The summed E-state index contributed by atoms with van der Waals surface area (Å²) in [5.41, 5.74) is 0.762. The van der Waals surface area contributed by atoms with E-state index in [0.29, 0.717) is 6.54 Å². The highest BCUT2D eigenvalue weighted by molar-refractivity contribution is 6.34. The maximum atomic E-state index is 12.4. The van der Waals surface area contributed by atoms with E-state index in [9.17, 15) is 14.4 Å². The van der Waals surface area contributed by atoms with Crippen molar-refractivity contribution in [3.8, 4) is 0 Å². The average Bonchev–Trinajstić information content (AvgIpc) is 2.67. The Kier molecular flexibility index (Phi) is 6.46. The third-order valence-electron chi connectivity index (χ3n) is 3.30. The van der Waals surface area contributed by atoms with Crippen LogP contribution in [0.5, 0.6) is 0 Å². The third-order valence-corrected chi connectivity index (χ3v) is 3.63. The molecule has 0 fully saturated rings. The van der Waals surface area contributed by atoms with Crippen LogP contribution in [0.2, 0.25) is 5.02 Å². The molecule has 0 radical (unpaired) electrons. The van der Waals surface area contributed by atoms with Crippen LogP contribution in [0.15, 0.2) is 49.2 Å². The molecule has 1 aromatic heterocycles. The van der Waals surface area contributed by atoms with Crippen LogP contribution < -0.4 is 10.6 Å². The van der Waals surface area contributed by atoms with Gasteiger partial charge in [0.15, 0.2) is 0 Å². The minimum atomic E-state index is -0.577. The number of rotatable bonds is 6. The van der Waals surface area contributed by atoms with E-state index >= 15 is 0 Å². The molecule has 0 saturated heterocycles. The van der Waals surface area contributed by atoms with Crippen molar-refractivity contribution in [3.63, 3.8) is 0 Å². The van der Waals surface area contributed by atoms with Crippen molar-refractivity contribution in [1.82, 2.24) is 10.3 Å². The van der Waals surface area contributed by atoms with Gasteiger partial charge >= 0.3 is 5.97 Å². The molecule has 0 spiro atoms. The number of pyridine rings is 1. The predicted octanol–water partition coefficient (Wildman–Crippen LogP) is 2.69. The molecule has 0 unspecified atom stereocenters. The zero-order chi connectivity index (χ0) is 19.1. The van der Waals surface area contributed by atoms with Crippen LogP contribution >= 0.6 is 11.6 Å². The molecule has 0 aliphatic carbocycles. The van der Waals surface area contributed by atoms with Gasteiger partial charge in [-0.3, -0.25) is 14.6 Å². The van der Waals surface area contributed by atoms with Gasteiger partial charge in [-0.25, -0.2) is 4.79 Å². The van der Waals surface area contributed by atoms with E-state index in [1.54, 1.807) is 6.08 Å². The van der Waals surface area contributed by atoms with E-state index in [4.69, 9.17) is 11.6 Å². The summed E-state index contributed by atoms with van der Waals surface area (Å²) in [5.74, 6) is -1.49. The fourth-order valence-electron chi connectivity index (χ4n) is 2.02. The van der Waals surface area contributed by atoms with Gasteiger partial charge in [0.05, 0.1) is 23.4 Å². The van der Waals surface area contributed by atoms with Crippen LogP contribution in [0, 0.1) is 0 Å². The van der Waals surface area contributed by atoms with E-state index in [1.165, 1.54) is 43.6 Å². The number of hydrogen-bond donors (Lipinski definition) is 2. The summed E-state index contributed by atoms with van der Waals surface area (Å²) in [5, 5.41) is 5.42. The second-order valence-corrected chi connectivity index (χ2v) is 5.48. The van der Waals surface area contributed by atoms with E-state index in [-0.39, 0.29) is 33.4 Å². The number of methoxy groups -OCH3 is 1. The molecule has 8 heteroatoms. The minimum absolute atomic E-state index is 0.0239. The first-order chi connectivity index (χ1) is 12.5. The van der Waals surface area contributed by atoms with E-state index in [2.05, 4.69) is 26.9 Å². The number of anilines is 1. The average molecular weight is 374 g/mol. The normalized spacial score (nSPS) is 9.92. The molecule has 26 heavy (non-hydrogen) atoms. The summed E-state index contributed by atoms with van der Waals surface area (Å²) in [6.07, 6.45) is 2.90. The van der Waals surface area contributed by atoms with Crippen molar-refractivity contribution >= 4 is 35.1 Å². The van der Waals surface area contributed by atoms with Gasteiger partial charge in [-0.2, -0.15) is 0 Å². The Balaban J connectivity index is 2.21. The highest BCUT2D eigenvalue weighted by Crippen LogP contribution is 2.24. The number of carbonyl (C=O) groups is 3. The lowest BCUT2D eigenvalue weighted by Crippen LogP contribution is -2.24. The second kappa shape index (κ2) is 8.77. The molecule has 2 N–H and O–H groups in total. The molecule has 0 aliphatic rings. The fourth-order valence-corrected chi connectivity index (χ4v) is 2.18. The lowest BCUT2D eigenvalue weighted by Gasteiger charge is -2.09. The van der Waals surface area contributed by atoms with Gasteiger partial charge in [0.25, 0.3) is 11.8 Å². The number of aromatic nitrogens is 1. The van der Waals surface area contributed by atoms with Crippen molar-refractivity contribution in [3.05, 3.63) is 71.0 Å². The lowest BCUT2D eigenvalue weighted by atomic mass is 10.2. The largest absolute Gasteiger partial charge is 0.465 e. The maximum Gasteiger partial charge on any atom is 0.337 e. The Hall–Kier alpha value is -3.19. The van der Waals surface area contributed by atoms with E-state index < -0.39 is 11.9 Å². The molecule has 2 aromatic rings. The van der Waals surface area contributed by atoms with Crippen molar-refractivity contribution in [2.75, 3.05) is 19.0 Å². The Morgan fingerprint density at radius 1 is 1.19 bits per heavy atom. The first kappa shape index (κ1) is 19.1. The van der Waals surface area contributed by atoms with Gasteiger partial charge < -0.3 is 15.4 Å². The number of carbonyl (C=O) groups excluding carboxylic acids is 3. The topological polar surface area (TPSA) is 97.4 Å². The summed E-state index contributed by atoms with van der Waals surface area (Å²) in [7, 11) is 1.25. The summed E-state index contributed by atoms with van der Waals surface area (Å²) < 4.78 is 4.64. The molecule has 2 rings (SSSR count). The van der Waals surface area contributed by atoms with Crippen LogP contribution in [0.1, 0.15) is 31.2 Å². The highest BCUT2D eigenvalue weighted by atomic mass is 35.5. The number of ether oxygens (including phenoxy) is 1. The summed E-state index contributed by atoms with van der Waals surface area (Å²) in [4.78, 5) is 39.9. The number of halogens is 1. The highest BCUT2D eigenvalue weighted by Gasteiger charge is 2.15.